The Labute approximate surface area is 120 Å². The highest BCUT2D eigenvalue weighted by molar-refractivity contribution is 9.10. The fourth-order valence-corrected chi connectivity index (χ4v) is 1.71. The summed E-state index contributed by atoms with van der Waals surface area (Å²) in [4.78, 5) is 23.8. The number of urea groups is 1. The number of nitrogens with zero attached hydrogens (tertiary/aromatic N) is 1. The predicted molar refractivity (Wildman–Crippen MR) is 77.3 cm³/mol. The van der Waals surface area contributed by atoms with E-state index >= 15 is 0 Å². The quantitative estimate of drug-likeness (QED) is 0.817. The Morgan fingerprint density at radius 2 is 2.21 bits per heavy atom. The topological polar surface area (TPSA) is 69.6 Å². The number of anilines is 1. The Hall–Kier alpha value is -1.82. The minimum absolute atomic E-state index is 0.174. The minimum atomic E-state index is -1.07. The molecule has 0 aliphatic heterocycles. The maximum atomic E-state index is 11.9. The number of nitrogens with one attached hydrogen (secondary N) is 1. The van der Waals surface area contributed by atoms with E-state index in [0.717, 1.165) is 14.9 Å². The van der Waals surface area contributed by atoms with Gasteiger partial charge in [-0.05, 0) is 30.7 Å². The van der Waals surface area contributed by atoms with Crippen LogP contribution < -0.4 is 5.32 Å². The number of carboxylic acids is 1. The predicted octanol–water partition coefficient (Wildman–Crippen LogP) is 2.86. The average Bonchev–Trinajstić information content (AvgIpc) is 2.33. The zero-order chi connectivity index (χ0) is 14.4. The van der Waals surface area contributed by atoms with Crippen molar-refractivity contribution in [3.05, 3.63) is 40.9 Å². The highest BCUT2D eigenvalue weighted by Crippen LogP contribution is 2.20. The molecule has 2 amide bonds. The van der Waals surface area contributed by atoms with Gasteiger partial charge in [0.1, 0.15) is 6.54 Å². The van der Waals surface area contributed by atoms with Crippen molar-refractivity contribution in [2.75, 3.05) is 18.4 Å². The molecule has 1 rings (SSSR count). The summed E-state index contributed by atoms with van der Waals surface area (Å²) < 4.78 is 0.944. The molecule has 1 aromatic rings. The highest BCUT2D eigenvalue weighted by Gasteiger charge is 2.15. The monoisotopic (exact) mass is 326 g/mol. The molecule has 0 aromatic heterocycles. The molecule has 0 radical (unpaired) electrons. The molecule has 0 spiro atoms. The molecule has 0 saturated heterocycles. The summed E-state index contributed by atoms with van der Waals surface area (Å²) in [6, 6.07) is 4.89. The number of hydrogen-bond acceptors (Lipinski definition) is 2. The molecule has 0 aliphatic carbocycles. The number of aryl methyl sites for hydroxylation is 1. The molecule has 0 aliphatic rings. The smallest absolute Gasteiger partial charge is 0.323 e. The van der Waals surface area contributed by atoms with Crippen LogP contribution in [0.25, 0.3) is 0 Å². The van der Waals surface area contributed by atoms with Gasteiger partial charge in [0.05, 0.1) is 0 Å². The first-order valence-electron chi connectivity index (χ1n) is 5.58. The third-order valence-corrected chi connectivity index (χ3v) is 3.26. The van der Waals surface area contributed by atoms with E-state index in [4.69, 9.17) is 5.11 Å². The number of aliphatic carboxylic acids is 1. The molecule has 1 aromatic carbocycles. The molecule has 0 heterocycles. The lowest BCUT2D eigenvalue weighted by Gasteiger charge is -2.19. The summed E-state index contributed by atoms with van der Waals surface area (Å²) in [6.45, 7) is 5.21. The zero-order valence-electron chi connectivity index (χ0n) is 10.5. The molecule has 0 unspecified atom stereocenters. The molecule has 0 fully saturated rings. The fraction of sp³-hybridized carbons (Fsp3) is 0.231. The SMILES string of the molecule is C=CCN(CC(=O)O)C(=O)Nc1ccc(Br)c(C)c1. The lowest BCUT2D eigenvalue weighted by molar-refractivity contribution is -0.137. The Kier molecular flexibility index (Phi) is 5.57. The summed E-state index contributed by atoms with van der Waals surface area (Å²) in [6.07, 6.45) is 1.48. The van der Waals surface area contributed by atoms with Gasteiger partial charge in [-0.2, -0.15) is 0 Å². The van der Waals surface area contributed by atoms with Crippen LogP contribution >= 0.6 is 15.9 Å². The summed E-state index contributed by atoms with van der Waals surface area (Å²) in [5.41, 5.74) is 1.59. The van der Waals surface area contributed by atoms with E-state index in [1.807, 2.05) is 13.0 Å². The van der Waals surface area contributed by atoms with Gasteiger partial charge in [0.2, 0.25) is 0 Å². The van der Waals surface area contributed by atoms with Crippen molar-refractivity contribution in [3.63, 3.8) is 0 Å². The Balaban J connectivity index is 2.77. The molecule has 6 heteroatoms. The van der Waals surface area contributed by atoms with Crippen molar-refractivity contribution in [1.29, 1.82) is 0 Å². The lowest BCUT2D eigenvalue weighted by atomic mass is 10.2. The molecule has 0 saturated carbocycles. The van der Waals surface area contributed by atoms with Crippen molar-refractivity contribution in [2.45, 2.75) is 6.92 Å². The van der Waals surface area contributed by atoms with Gasteiger partial charge in [0.15, 0.2) is 0 Å². The van der Waals surface area contributed by atoms with Crippen LogP contribution in [0.3, 0.4) is 0 Å². The van der Waals surface area contributed by atoms with Gasteiger partial charge in [0, 0.05) is 16.7 Å². The Morgan fingerprint density at radius 3 is 2.74 bits per heavy atom. The molecule has 0 atom stereocenters. The maximum Gasteiger partial charge on any atom is 0.323 e. The number of carboxylic acid groups (broad SMARTS) is 1. The van der Waals surface area contributed by atoms with E-state index in [1.54, 1.807) is 12.1 Å². The standard InChI is InChI=1S/C13H15BrN2O3/c1-3-6-16(8-12(17)18)13(19)15-10-4-5-11(14)9(2)7-10/h3-5,7H,1,6,8H2,2H3,(H,15,19)(H,17,18). The average molecular weight is 327 g/mol. The van der Waals surface area contributed by atoms with Crippen LogP contribution in [0.2, 0.25) is 0 Å². The zero-order valence-corrected chi connectivity index (χ0v) is 12.1. The second-order valence-corrected chi connectivity index (χ2v) is 4.81. The van der Waals surface area contributed by atoms with Crippen molar-refractivity contribution < 1.29 is 14.7 Å². The lowest BCUT2D eigenvalue weighted by Crippen LogP contribution is -2.38. The van der Waals surface area contributed by atoms with Crippen LogP contribution in [0.4, 0.5) is 10.5 Å². The number of carbonyl (C=O) groups excluding carboxylic acids is 1. The van der Waals surface area contributed by atoms with Crippen molar-refractivity contribution in [1.82, 2.24) is 4.90 Å². The summed E-state index contributed by atoms with van der Waals surface area (Å²) in [5.74, 6) is -1.07. The van der Waals surface area contributed by atoms with Gasteiger partial charge in [-0.15, -0.1) is 6.58 Å². The molecule has 0 bridgehead atoms. The van der Waals surface area contributed by atoms with Crippen LogP contribution in [0, 0.1) is 6.92 Å². The molecular formula is C13H15BrN2O3. The normalized spacial score (nSPS) is 9.79. The van der Waals surface area contributed by atoms with Gasteiger partial charge in [-0.1, -0.05) is 22.0 Å². The van der Waals surface area contributed by atoms with Gasteiger partial charge in [0.25, 0.3) is 0 Å². The van der Waals surface area contributed by atoms with Crippen LogP contribution in [0.15, 0.2) is 35.3 Å². The van der Waals surface area contributed by atoms with Gasteiger partial charge in [-0.25, -0.2) is 4.79 Å². The second-order valence-electron chi connectivity index (χ2n) is 3.96. The molecule has 2 N–H and O–H groups in total. The number of amides is 2. The van der Waals surface area contributed by atoms with Crippen LogP contribution in [0.5, 0.6) is 0 Å². The van der Waals surface area contributed by atoms with Gasteiger partial charge in [-0.3, -0.25) is 4.79 Å². The number of hydrogen-bond donors (Lipinski definition) is 2. The third kappa shape index (κ3) is 4.75. The third-order valence-electron chi connectivity index (χ3n) is 2.37. The van der Waals surface area contributed by atoms with E-state index < -0.39 is 12.0 Å². The van der Waals surface area contributed by atoms with Crippen LogP contribution in [0.1, 0.15) is 5.56 Å². The molecular weight excluding hydrogens is 312 g/mol. The van der Waals surface area contributed by atoms with Crippen molar-refractivity contribution in [2.24, 2.45) is 0 Å². The first-order chi connectivity index (χ1) is 8.93. The van der Waals surface area contributed by atoms with Crippen molar-refractivity contribution >= 4 is 33.6 Å². The molecule has 19 heavy (non-hydrogen) atoms. The minimum Gasteiger partial charge on any atom is -0.480 e. The highest BCUT2D eigenvalue weighted by atomic mass is 79.9. The van der Waals surface area contributed by atoms with E-state index in [-0.39, 0.29) is 13.1 Å². The maximum absolute atomic E-state index is 11.9. The van der Waals surface area contributed by atoms with E-state index in [9.17, 15) is 9.59 Å². The largest absolute Gasteiger partial charge is 0.480 e. The summed E-state index contributed by atoms with van der Waals surface area (Å²) in [5, 5.41) is 11.4. The Bertz CT molecular complexity index is 503. The first kappa shape index (κ1) is 15.2. The van der Waals surface area contributed by atoms with Crippen LogP contribution in [-0.2, 0) is 4.79 Å². The van der Waals surface area contributed by atoms with E-state index in [0.29, 0.717) is 5.69 Å². The molecule has 5 nitrogen and oxygen atoms in total. The van der Waals surface area contributed by atoms with Crippen molar-refractivity contribution in [3.8, 4) is 0 Å². The summed E-state index contributed by atoms with van der Waals surface area (Å²) in [7, 11) is 0. The number of rotatable bonds is 5. The fourth-order valence-electron chi connectivity index (χ4n) is 1.46. The van der Waals surface area contributed by atoms with E-state index in [1.165, 1.54) is 6.08 Å². The van der Waals surface area contributed by atoms with Gasteiger partial charge < -0.3 is 15.3 Å². The van der Waals surface area contributed by atoms with Gasteiger partial charge >= 0.3 is 12.0 Å². The first-order valence-corrected chi connectivity index (χ1v) is 6.38. The number of benzene rings is 1. The number of halogens is 1. The number of carbonyl (C=O) groups is 2. The summed E-state index contributed by atoms with van der Waals surface area (Å²) >= 11 is 3.37. The second kappa shape index (κ2) is 6.94. The molecule has 102 valence electrons. The van der Waals surface area contributed by atoms with E-state index in [2.05, 4.69) is 27.8 Å². The van der Waals surface area contributed by atoms with Crippen LogP contribution in [-0.4, -0.2) is 35.1 Å². The Morgan fingerprint density at radius 1 is 1.53 bits per heavy atom.